The van der Waals surface area contributed by atoms with Crippen molar-refractivity contribution in [1.82, 2.24) is 15.6 Å². The van der Waals surface area contributed by atoms with Crippen molar-refractivity contribution in [3.8, 4) is 0 Å². The molecule has 0 atom stereocenters. The number of oxime groups is 1. The summed E-state index contributed by atoms with van der Waals surface area (Å²) in [5, 5.41) is 22.1. The molecule has 2 aromatic rings. The molecule has 2 rings (SSSR count). The van der Waals surface area contributed by atoms with Gasteiger partial charge in [-0.05, 0) is 36.5 Å². The summed E-state index contributed by atoms with van der Waals surface area (Å²) in [5.41, 5.74) is 7.63. The molecule has 112 valence electrons. The number of aromatic nitrogens is 2. The molecular weight excluding hydrogens is 270 g/mol. The monoisotopic (exact) mass is 289 g/mol. The van der Waals surface area contributed by atoms with E-state index in [4.69, 9.17) is 10.9 Å². The predicted octanol–water partition coefficient (Wildman–Crippen LogP) is 1.28. The predicted molar refractivity (Wildman–Crippen MR) is 77.9 cm³/mol. The molecule has 1 heterocycles. The number of nitrogens with two attached hydrogens (primary N) is 1. The minimum absolute atomic E-state index is 0.0999. The summed E-state index contributed by atoms with van der Waals surface area (Å²) in [7, 11) is 0. The second-order valence-corrected chi connectivity index (χ2v) is 4.66. The Kier molecular flexibility index (Phi) is 5.71. The van der Waals surface area contributed by atoms with Crippen LogP contribution < -0.4 is 11.1 Å². The number of rotatable bonds is 8. The molecule has 0 aliphatic carbocycles. The molecule has 0 saturated heterocycles. The lowest BCUT2D eigenvalue weighted by Crippen LogP contribution is -2.20. The summed E-state index contributed by atoms with van der Waals surface area (Å²) in [6.07, 6.45) is 3.24. The molecule has 0 amide bonds. The lowest BCUT2D eigenvalue weighted by Gasteiger charge is -2.03. The minimum Gasteiger partial charge on any atom is -0.409 e. The highest BCUT2D eigenvalue weighted by atomic mass is 16.6. The molecule has 0 radical (unpaired) electrons. The van der Waals surface area contributed by atoms with Gasteiger partial charge in [-0.2, -0.15) is 0 Å². The van der Waals surface area contributed by atoms with Gasteiger partial charge in [0.15, 0.2) is 11.5 Å². The molecule has 1 aromatic heterocycles. The molecule has 21 heavy (non-hydrogen) atoms. The Morgan fingerprint density at radius 3 is 2.81 bits per heavy atom. The number of aryl methyl sites for hydroxylation is 1. The van der Waals surface area contributed by atoms with Gasteiger partial charge in [-0.3, -0.25) is 0 Å². The molecule has 1 aromatic carbocycles. The van der Waals surface area contributed by atoms with Gasteiger partial charge >= 0.3 is 0 Å². The Labute approximate surface area is 122 Å². The fourth-order valence-electron chi connectivity index (χ4n) is 1.99. The van der Waals surface area contributed by atoms with Crippen LogP contribution in [0.4, 0.5) is 0 Å². The Hall–Kier alpha value is -2.41. The number of benzene rings is 1. The maximum atomic E-state index is 8.61. The largest absolute Gasteiger partial charge is 0.409 e. The van der Waals surface area contributed by atoms with E-state index in [0.29, 0.717) is 12.2 Å². The molecule has 0 unspecified atom stereocenters. The first-order valence-corrected chi connectivity index (χ1v) is 6.85. The van der Waals surface area contributed by atoms with E-state index < -0.39 is 0 Å². The Bertz CT molecular complexity index is 568. The van der Waals surface area contributed by atoms with Crippen molar-refractivity contribution in [3.63, 3.8) is 0 Å². The average Bonchev–Trinajstić information content (AvgIpc) is 2.99. The lowest BCUT2D eigenvalue weighted by molar-refractivity contribution is 0.300. The van der Waals surface area contributed by atoms with E-state index in [1.165, 1.54) is 5.56 Å². The topological polar surface area (TPSA) is 110 Å². The molecule has 7 heteroatoms. The van der Waals surface area contributed by atoms with Gasteiger partial charge in [-0.1, -0.05) is 40.6 Å². The zero-order chi connectivity index (χ0) is 14.9. The number of unbranched alkanes of at least 4 members (excludes halogenated alkanes) is 1. The van der Waals surface area contributed by atoms with Gasteiger partial charge in [0.2, 0.25) is 0 Å². The highest BCUT2D eigenvalue weighted by molar-refractivity contribution is 5.95. The van der Waals surface area contributed by atoms with E-state index in [9.17, 15) is 0 Å². The molecule has 0 fully saturated rings. The number of hydrogen-bond acceptors (Lipinski definition) is 6. The summed E-state index contributed by atoms with van der Waals surface area (Å²) in [6.45, 7) is 1.33. The van der Waals surface area contributed by atoms with Gasteiger partial charge < -0.3 is 16.3 Å². The number of nitrogens with zero attached hydrogens (tertiary/aromatic N) is 3. The Morgan fingerprint density at radius 1 is 1.24 bits per heavy atom. The Morgan fingerprint density at radius 2 is 2.05 bits per heavy atom. The van der Waals surface area contributed by atoms with E-state index in [-0.39, 0.29) is 11.5 Å². The van der Waals surface area contributed by atoms with Gasteiger partial charge in [-0.25, -0.2) is 4.63 Å². The standard InChI is InChI=1S/C14H19N5O2/c15-14(17-20)13-12(18-21-19-13)10-16-9-5-4-8-11-6-2-1-3-7-11/h1-3,6-7,16,20H,4-5,8-10H2,(H2,15,17). The van der Waals surface area contributed by atoms with Gasteiger partial charge in [0.25, 0.3) is 0 Å². The van der Waals surface area contributed by atoms with Crippen LogP contribution in [0, 0.1) is 0 Å². The number of nitrogens with one attached hydrogen (secondary N) is 1. The van der Waals surface area contributed by atoms with Gasteiger partial charge in [-0.15, -0.1) is 0 Å². The highest BCUT2D eigenvalue weighted by Gasteiger charge is 2.13. The maximum absolute atomic E-state index is 8.61. The first-order chi connectivity index (χ1) is 10.3. The van der Waals surface area contributed by atoms with Crippen molar-refractivity contribution >= 4 is 5.84 Å². The number of amidine groups is 1. The van der Waals surface area contributed by atoms with Crippen LogP contribution in [-0.4, -0.2) is 27.9 Å². The highest BCUT2D eigenvalue weighted by Crippen LogP contribution is 2.05. The van der Waals surface area contributed by atoms with Crippen LogP contribution in [0.15, 0.2) is 40.1 Å². The molecule has 7 nitrogen and oxygen atoms in total. The van der Waals surface area contributed by atoms with E-state index in [1.54, 1.807) is 0 Å². The van der Waals surface area contributed by atoms with Crippen molar-refractivity contribution in [2.45, 2.75) is 25.8 Å². The van der Waals surface area contributed by atoms with E-state index in [2.05, 4.69) is 49.7 Å². The van der Waals surface area contributed by atoms with Crippen molar-refractivity contribution in [2.75, 3.05) is 6.54 Å². The minimum atomic E-state index is -0.0999. The summed E-state index contributed by atoms with van der Waals surface area (Å²) >= 11 is 0. The quantitative estimate of drug-likeness (QED) is 0.222. The third-order valence-electron chi connectivity index (χ3n) is 3.11. The molecular formula is C14H19N5O2. The van der Waals surface area contributed by atoms with Crippen LogP contribution in [0.5, 0.6) is 0 Å². The smallest absolute Gasteiger partial charge is 0.194 e. The molecule has 4 N–H and O–H groups in total. The molecule has 0 spiro atoms. The maximum Gasteiger partial charge on any atom is 0.194 e. The van der Waals surface area contributed by atoms with Crippen LogP contribution in [0.2, 0.25) is 0 Å². The third kappa shape index (κ3) is 4.57. The molecule has 0 aliphatic rings. The molecule has 0 aliphatic heterocycles. The fourth-order valence-corrected chi connectivity index (χ4v) is 1.99. The summed E-state index contributed by atoms with van der Waals surface area (Å²) < 4.78 is 4.59. The normalized spacial score (nSPS) is 11.7. The first kappa shape index (κ1) is 15.0. The van der Waals surface area contributed by atoms with Crippen molar-refractivity contribution < 1.29 is 9.84 Å². The zero-order valence-electron chi connectivity index (χ0n) is 11.7. The van der Waals surface area contributed by atoms with E-state index in [1.807, 2.05) is 6.07 Å². The molecule has 0 bridgehead atoms. The summed E-state index contributed by atoms with van der Waals surface area (Å²) in [4.78, 5) is 0. The SMILES string of the molecule is NC(=NO)c1nonc1CNCCCCc1ccccc1. The van der Waals surface area contributed by atoms with Crippen molar-refractivity contribution in [2.24, 2.45) is 10.9 Å². The van der Waals surface area contributed by atoms with Crippen LogP contribution in [-0.2, 0) is 13.0 Å². The van der Waals surface area contributed by atoms with Crippen molar-refractivity contribution in [3.05, 3.63) is 47.3 Å². The zero-order valence-corrected chi connectivity index (χ0v) is 11.7. The summed E-state index contributed by atoms with van der Waals surface area (Å²) in [5.74, 6) is -0.0999. The molecule has 0 saturated carbocycles. The summed E-state index contributed by atoms with van der Waals surface area (Å²) in [6, 6.07) is 10.4. The van der Waals surface area contributed by atoms with Crippen LogP contribution in [0.1, 0.15) is 29.8 Å². The van der Waals surface area contributed by atoms with Crippen LogP contribution >= 0.6 is 0 Å². The fraction of sp³-hybridized carbons (Fsp3) is 0.357. The van der Waals surface area contributed by atoms with Gasteiger partial charge in [0, 0.05) is 6.54 Å². The Balaban J connectivity index is 1.65. The van der Waals surface area contributed by atoms with Crippen LogP contribution in [0.25, 0.3) is 0 Å². The van der Waals surface area contributed by atoms with Gasteiger partial charge in [0.05, 0.1) is 0 Å². The van der Waals surface area contributed by atoms with Crippen LogP contribution in [0.3, 0.4) is 0 Å². The van der Waals surface area contributed by atoms with E-state index in [0.717, 1.165) is 25.8 Å². The lowest BCUT2D eigenvalue weighted by atomic mass is 10.1. The first-order valence-electron chi connectivity index (χ1n) is 6.85. The third-order valence-corrected chi connectivity index (χ3v) is 3.11. The average molecular weight is 289 g/mol. The van der Waals surface area contributed by atoms with Gasteiger partial charge in [0.1, 0.15) is 5.69 Å². The second kappa shape index (κ2) is 8.01. The number of hydrogen-bond donors (Lipinski definition) is 3. The van der Waals surface area contributed by atoms with E-state index >= 15 is 0 Å². The van der Waals surface area contributed by atoms with Crippen molar-refractivity contribution in [1.29, 1.82) is 0 Å². The second-order valence-electron chi connectivity index (χ2n) is 4.66.